The molecule has 1 rings (SSSR count). The van der Waals surface area contributed by atoms with Gasteiger partial charge < -0.3 is 10.9 Å². The van der Waals surface area contributed by atoms with E-state index in [4.69, 9.17) is 10.9 Å². The summed E-state index contributed by atoms with van der Waals surface area (Å²) in [5.41, 5.74) is 5.52. The molecule has 0 fully saturated rings. The van der Waals surface area contributed by atoms with Gasteiger partial charge in [0.25, 0.3) is 0 Å². The van der Waals surface area contributed by atoms with E-state index < -0.39 is 16.1 Å². The van der Waals surface area contributed by atoms with Crippen molar-refractivity contribution in [3.05, 3.63) is 10.1 Å². The van der Waals surface area contributed by atoms with Gasteiger partial charge >= 0.3 is 5.79 Å². The van der Waals surface area contributed by atoms with Crippen LogP contribution in [0.4, 0.5) is 0 Å². The van der Waals surface area contributed by atoms with E-state index in [-0.39, 0.29) is 18.2 Å². The number of nitrogens with zero attached hydrogens (tertiary/aromatic N) is 4. The van der Waals surface area contributed by atoms with Crippen molar-refractivity contribution in [3.8, 4) is 0 Å². The Morgan fingerprint density at radius 3 is 2.47 bits per heavy atom. The van der Waals surface area contributed by atoms with Gasteiger partial charge in [-0.1, -0.05) is 25.9 Å². The van der Waals surface area contributed by atoms with Crippen molar-refractivity contribution in [3.63, 3.8) is 0 Å². The highest BCUT2D eigenvalue weighted by molar-refractivity contribution is 6.17. The van der Waals surface area contributed by atoms with Crippen molar-refractivity contribution >= 4 is 18.1 Å². The van der Waals surface area contributed by atoms with Gasteiger partial charge in [-0.2, -0.15) is 9.98 Å². The maximum absolute atomic E-state index is 11.2. The highest BCUT2D eigenvalue weighted by Gasteiger charge is 2.48. The molecule has 0 radical (unpaired) electrons. The molecule has 1 aliphatic rings. The summed E-state index contributed by atoms with van der Waals surface area (Å²) in [5, 5.41) is 23.5. The molecule has 8 nitrogen and oxygen atoms in total. The predicted octanol–water partition coefficient (Wildman–Crippen LogP) is 1.06. The van der Waals surface area contributed by atoms with Crippen LogP contribution in [0.1, 0.15) is 33.6 Å². The first kappa shape index (κ1) is 15.2. The van der Waals surface area contributed by atoms with Crippen LogP contribution < -0.4 is 5.73 Å². The van der Waals surface area contributed by atoms with Crippen molar-refractivity contribution in [2.75, 3.05) is 0 Å². The van der Waals surface area contributed by atoms with Crippen molar-refractivity contribution in [2.24, 2.45) is 26.3 Å². The third kappa shape index (κ3) is 2.78. The van der Waals surface area contributed by atoms with Crippen molar-refractivity contribution in [2.45, 2.75) is 45.4 Å². The SMILES string of the molecule is CCC(N)C(C)(C)C(CC1([N+](=O)[O-])N=CC=N1)=NO. The Labute approximate surface area is 111 Å². The predicted molar refractivity (Wildman–Crippen MR) is 72.6 cm³/mol. The molecule has 1 aliphatic heterocycles. The second kappa shape index (κ2) is 5.43. The molecule has 0 aromatic carbocycles. The van der Waals surface area contributed by atoms with Gasteiger partial charge in [-0.3, -0.25) is 10.1 Å². The summed E-state index contributed by atoms with van der Waals surface area (Å²) in [6, 6.07) is -0.281. The second-order valence-electron chi connectivity index (χ2n) is 5.05. The van der Waals surface area contributed by atoms with Crippen LogP contribution in [-0.4, -0.2) is 40.1 Å². The van der Waals surface area contributed by atoms with Gasteiger partial charge in [0, 0.05) is 23.9 Å². The van der Waals surface area contributed by atoms with Gasteiger partial charge in [0.05, 0.1) is 10.6 Å². The third-order valence-corrected chi connectivity index (χ3v) is 3.56. The number of oxime groups is 1. The Bertz CT molecular complexity index is 430. The van der Waals surface area contributed by atoms with Crippen LogP contribution in [0.3, 0.4) is 0 Å². The van der Waals surface area contributed by atoms with Crippen LogP contribution in [0.25, 0.3) is 0 Å². The molecule has 8 heteroatoms. The molecule has 1 unspecified atom stereocenters. The molecule has 1 atom stereocenters. The molecule has 0 amide bonds. The van der Waals surface area contributed by atoms with E-state index in [1.165, 1.54) is 12.4 Å². The molecule has 0 aromatic heterocycles. The third-order valence-electron chi connectivity index (χ3n) is 3.56. The zero-order chi connectivity index (χ0) is 14.7. The monoisotopic (exact) mass is 269 g/mol. The highest BCUT2D eigenvalue weighted by Crippen LogP contribution is 2.31. The standard InChI is InChI=1S/C11H19N5O3/c1-4-8(12)10(2,3)9(15-17)7-11(16(18)19)13-5-6-14-11/h5-6,8,17H,4,7,12H2,1-3H3. The summed E-state index contributed by atoms with van der Waals surface area (Å²) < 4.78 is 0. The molecule has 0 spiro atoms. The molecule has 0 bridgehead atoms. The number of nitrogens with two attached hydrogens (primary N) is 1. The van der Waals surface area contributed by atoms with Gasteiger partial charge in [-0.25, -0.2) is 0 Å². The number of rotatable bonds is 6. The Morgan fingerprint density at radius 1 is 1.58 bits per heavy atom. The summed E-state index contributed by atoms with van der Waals surface area (Å²) in [4.78, 5) is 18.1. The van der Waals surface area contributed by atoms with Crippen LogP contribution in [0.5, 0.6) is 0 Å². The molecule has 1 heterocycles. The lowest BCUT2D eigenvalue weighted by molar-refractivity contribution is -0.563. The zero-order valence-electron chi connectivity index (χ0n) is 11.3. The molecule has 0 aliphatic carbocycles. The average molecular weight is 269 g/mol. The minimum absolute atomic E-state index is 0.204. The number of aliphatic imine (C=N–C) groups is 2. The zero-order valence-corrected chi connectivity index (χ0v) is 11.3. The number of hydrogen-bond donors (Lipinski definition) is 2. The van der Waals surface area contributed by atoms with E-state index in [1.807, 2.05) is 6.92 Å². The minimum atomic E-state index is -1.83. The molecule has 3 N–H and O–H groups in total. The molecular weight excluding hydrogens is 250 g/mol. The van der Waals surface area contributed by atoms with E-state index in [0.717, 1.165) is 0 Å². The molecular formula is C11H19N5O3. The number of nitro groups is 1. The Kier molecular flexibility index (Phi) is 4.35. The van der Waals surface area contributed by atoms with Crippen molar-refractivity contribution in [1.29, 1.82) is 0 Å². The molecule has 106 valence electrons. The quantitative estimate of drug-likeness (QED) is 0.323. The van der Waals surface area contributed by atoms with Gasteiger partial charge in [0.2, 0.25) is 0 Å². The van der Waals surface area contributed by atoms with Crippen LogP contribution in [0, 0.1) is 15.5 Å². The van der Waals surface area contributed by atoms with E-state index >= 15 is 0 Å². The summed E-state index contributed by atoms with van der Waals surface area (Å²) in [7, 11) is 0. The van der Waals surface area contributed by atoms with Gasteiger partial charge in [0.15, 0.2) is 0 Å². The van der Waals surface area contributed by atoms with Gasteiger partial charge in [-0.05, 0) is 6.42 Å². The fraction of sp³-hybridized carbons (Fsp3) is 0.727. The Morgan fingerprint density at radius 2 is 2.11 bits per heavy atom. The van der Waals surface area contributed by atoms with Crippen molar-refractivity contribution < 1.29 is 10.1 Å². The Balaban J connectivity index is 3.04. The average Bonchev–Trinajstić information content (AvgIpc) is 2.84. The van der Waals surface area contributed by atoms with E-state index in [9.17, 15) is 10.1 Å². The van der Waals surface area contributed by atoms with Crippen LogP contribution in [0.2, 0.25) is 0 Å². The number of hydrogen-bond acceptors (Lipinski definition) is 7. The Hall–Kier alpha value is -1.83. The van der Waals surface area contributed by atoms with Crippen LogP contribution in [0.15, 0.2) is 15.1 Å². The minimum Gasteiger partial charge on any atom is -0.411 e. The first-order chi connectivity index (χ1) is 8.80. The summed E-state index contributed by atoms with van der Waals surface area (Å²) >= 11 is 0. The van der Waals surface area contributed by atoms with Crippen LogP contribution in [-0.2, 0) is 0 Å². The van der Waals surface area contributed by atoms with E-state index in [1.54, 1.807) is 13.8 Å². The molecule has 0 saturated heterocycles. The van der Waals surface area contributed by atoms with Gasteiger partial charge in [-0.15, -0.1) is 0 Å². The molecule has 0 saturated carbocycles. The van der Waals surface area contributed by atoms with Gasteiger partial charge in [0.1, 0.15) is 6.42 Å². The lowest BCUT2D eigenvalue weighted by atomic mass is 9.77. The summed E-state index contributed by atoms with van der Waals surface area (Å²) in [6.45, 7) is 5.47. The summed E-state index contributed by atoms with van der Waals surface area (Å²) in [6.07, 6.45) is 2.99. The van der Waals surface area contributed by atoms with Crippen molar-refractivity contribution in [1.82, 2.24) is 0 Å². The lowest BCUT2D eigenvalue weighted by Gasteiger charge is -2.32. The summed E-state index contributed by atoms with van der Waals surface area (Å²) in [5.74, 6) is -1.83. The topological polar surface area (TPSA) is 126 Å². The molecule has 0 aromatic rings. The fourth-order valence-corrected chi connectivity index (χ4v) is 1.93. The highest BCUT2D eigenvalue weighted by atomic mass is 16.6. The smallest absolute Gasteiger partial charge is 0.411 e. The normalized spacial score (nSPS) is 19.7. The maximum atomic E-state index is 11.2. The first-order valence-corrected chi connectivity index (χ1v) is 6.00. The second-order valence-corrected chi connectivity index (χ2v) is 5.05. The first-order valence-electron chi connectivity index (χ1n) is 6.00. The van der Waals surface area contributed by atoms with E-state index in [0.29, 0.717) is 6.42 Å². The largest absolute Gasteiger partial charge is 0.417 e. The van der Waals surface area contributed by atoms with Crippen LogP contribution >= 0.6 is 0 Å². The maximum Gasteiger partial charge on any atom is 0.417 e. The molecule has 19 heavy (non-hydrogen) atoms. The fourth-order valence-electron chi connectivity index (χ4n) is 1.93. The van der Waals surface area contributed by atoms with E-state index in [2.05, 4.69) is 15.1 Å². The lowest BCUT2D eigenvalue weighted by Crippen LogP contribution is -2.47.